The number of hydrogen-bond donors (Lipinski definition) is 1. The Labute approximate surface area is 121 Å². The second kappa shape index (κ2) is 5.21. The average Bonchev–Trinajstić information content (AvgIpc) is 2.93. The van der Waals surface area contributed by atoms with E-state index in [1.54, 1.807) is 0 Å². The third-order valence-corrected chi connectivity index (χ3v) is 5.01. The number of carbonyl (C=O) groups is 1. The second-order valence-corrected chi connectivity index (χ2v) is 6.51. The van der Waals surface area contributed by atoms with E-state index < -0.39 is 0 Å². The van der Waals surface area contributed by atoms with Crippen LogP contribution in [-0.2, 0) is 11.2 Å². The Morgan fingerprint density at radius 3 is 2.95 bits per heavy atom. The molecule has 1 saturated heterocycles. The Bertz CT molecular complexity index is 505. The monoisotopic (exact) mass is 272 g/mol. The number of benzene rings is 1. The molecule has 1 aliphatic heterocycles. The van der Waals surface area contributed by atoms with Crippen molar-refractivity contribution < 1.29 is 4.79 Å². The van der Waals surface area contributed by atoms with Gasteiger partial charge >= 0.3 is 0 Å². The molecule has 1 heterocycles. The fraction of sp³-hybridized carbons (Fsp3) is 0.588. The minimum atomic E-state index is -0.221. The molecule has 108 valence electrons. The van der Waals surface area contributed by atoms with Crippen LogP contribution in [0.25, 0.3) is 0 Å². The molecule has 1 aromatic carbocycles. The van der Waals surface area contributed by atoms with E-state index in [0.717, 1.165) is 32.4 Å². The number of nitrogens with zero attached hydrogens (tertiary/aromatic N) is 1. The molecule has 20 heavy (non-hydrogen) atoms. The van der Waals surface area contributed by atoms with Crippen molar-refractivity contribution in [3.05, 3.63) is 35.4 Å². The topological polar surface area (TPSA) is 32.3 Å². The first-order valence-corrected chi connectivity index (χ1v) is 7.68. The van der Waals surface area contributed by atoms with Gasteiger partial charge in [-0.05, 0) is 50.3 Å². The van der Waals surface area contributed by atoms with E-state index in [4.69, 9.17) is 0 Å². The highest BCUT2D eigenvalue weighted by molar-refractivity contribution is 5.83. The molecule has 2 aliphatic rings. The van der Waals surface area contributed by atoms with Crippen molar-refractivity contribution in [1.82, 2.24) is 10.2 Å². The summed E-state index contributed by atoms with van der Waals surface area (Å²) in [5.41, 5.74) is 2.54. The van der Waals surface area contributed by atoms with Gasteiger partial charge in [-0.2, -0.15) is 0 Å². The van der Waals surface area contributed by atoms with E-state index in [1.165, 1.54) is 17.5 Å². The van der Waals surface area contributed by atoms with Gasteiger partial charge in [0.1, 0.15) is 0 Å². The van der Waals surface area contributed by atoms with Crippen molar-refractivity contribution in [2.75, 3.05) is 20.1 Å². The molecule has 0 bridgehead atoms. The molecule has 3 nitrogen and oxygen atoms in total. The summed E-state index contributed by atoms with van der Waals surface area (Å²) in [5, 5.41) is 3.32. The zero-order chi connectivity index (χ0) is 14.2. The van der Waals surface area contributed by atoms with E-state index in [2.05, 4.69) is 36.5 Å². The van der Waals surface area contributed by atoms with Crippen molar-refractivity contribution in [1.29, 1.82) is 0 Å². The van der Waals surface area contributed by atoms with E-state index in [1.807, 2.05) is 11.9 Å². The van der Waals surface area contributed by atoms with Gasteiger partial charge in [0.05, 0.1) is 11.5 Å². The van der Waals surface area contributed by atoms with Crippen LogP contribution >= 0.6 is 0 Å². The zero-order valence-electron chi connectivity index (χ0n) is 12.5. The molecule has 1 aromatic rings. The molecule has 1 aliphatic carbocycles. The SMILES string of the molecule is CN(C(=O)C1(C)CCNC1)C1CCCc2ccccc21. The van der Waals surface area contributed by atoms with Gasteiger partial charge in [0, 0.05) is 13.6 Å². The molecule has 3 rings (SSSR count). The summed E-state index contributed by atoms with van der Waals surface area (Å²) in [7, 11) is 1.98. The predicted octanol–water partition coefficient (Wildman–Crippen LogP) is 2.52. The van der Waals surface area contributed by atoms with Crippen molar-refractivity contribution in [3.63, 3.8) is 0 Å². The molecule has 0 spiro atoms. The zero-order valence-corrected chi connectivity index (χ0v) is 12.5. The summed E-state index contributed by atoms with van der Waals surface area (Å²) < 4.78 is 0. The summed E-state index contributed by atoms with van der Waals surface area (Å²) in [6.45, 7) is 3.86. The summed E-state index contributed by atoms with van der Waals surface area (Å²) >= 11 is 0. The molecule has 2 atom stereocenters. The largest absolute Gasteiger partial charge is 0.338 e. The third-order valence-electron chi connectivity index (χ3n) is 5.01. The van der Waals surface area contributed by atoms with Crippen LogP contribution in [0.2, 0.25) is 0 Å². The van der Waals surface area contributed by atoms with Crippen LogP contribution in [0.3, 0.4) is 0 Å². The maximum atomic E-state index is 12.9. The van der Waals surface area contributed by atoms with Gasteiger partial charge in [-0.3, -0.25) is 4.79 Å². The van der Waals surface area contributed by atoms with Gasteiger partial charge in [0.2, 0.25) is 5.91 Å². The van der Waals surface area contributed by atoms with Crippen molar-refractivity contribution in [3.8, 4) is 0 Å². The number of amides is 1. The predicted molar refractivity (Wildman–Crippen MR) is 80.5 cm³/mol. The maximum Gasteiger partial charge on any atom is 0.230 e. The third kappa shape index (κ3) is 2.24. The minimum Gasteiger partial charge on any atom is -0.338 e. The molecular formula is C17H24N2O. The normalized spacial score (nSPS) is 29.0. The van der Waals surface area contributed by atoms with E-state index >= 15 is 0 Å². The molecule has 3 heteroatoms. The standard InChI is InChI=1S/C17H24N2O/c1-17(10-11-18-12-17)16(20)19(2)15-9-5-7-13-6-3-4-8-14(13)15/h3-4,6,8,15,18H,5,7,9-12H2,1-2H3. The molecule has 1 amide bonds. The molecule has 0 radical (unpaired) electrons. The van der Waals surface area contributed by atoms with Crippen LogP contribution in [0.4, 0.5) is 0 Å². The van der Waals surface area contributed by atoms with Crippen LogP contribution in [0.1, 0.15) is 43.4 Å². The first-order chi connectivity index (χ1) is 9.62. The highest BCUT2D eigenvalue weighted by Gasteiger charge is 2.40. The average molecular weight is 272 g/mol. The van der Waals surface area contributed by atoms with E-state index in [0.29, 0.717) is 5.91 Å². The summed E-state index contributed by atoms with van der Waals surface area (Å²) in [4.78, 5) is 14.9. The molecule has 0 saturated carbocycles. The fourth-order valence-electron chi connectivity index (χ4n) is 3.70. The van der Waals surface area contributed by atoms with Crippen molar-refractivity contribution in [2.24, 2.45) is 5.41 Å². The minimum absolute atomic E-state index is 0.221. The number of rotatable bonds is 2. The lowest BCUT2D eigenvalue weighted by Crippen LogP contribution is -2.44. The number of nitrogens with one attached hydrogen (secondary N) is 1. The number of hydrogen-bond acceptors (Lipinski definition) is 2. The van der Waals surface area contributed by atoms with Crippen LogP contribution in [-0.4, -0.2) is 30.9 Å². The number of fused-ring (bicyclic) bond motifs is 1. The fourth-order valence-corrected chi connectivity index (χ4v) is 3.70. The lowest BCUT2D eigenvalue weighted by Gasteiger charge is -2.37. The highest BCUT2D eigenvalue weighted by atomic mass is 16.2. The summed E-state index contributed by atoms with van der Waals surface area (Å²) in [6.07, 6.45) is 4.36. The smallest absolute Gasteiger partial charge is 0.230 e. The molecule has 1 N–H and O–H groups in total. The van der Waals surface area contributed by atoms with Crippen LogP contribution < -0.4 is 5.32 Å². The molecular weight excluding hydrogens is 248 g/mol. The Balaban J connectivity index is 1.84. The summed E-state index contributed by atoms with van der Waals surface area (Å²) in [5.74, 6) is 0.296. The van der Waals surface area contributed by atoms with Crippen molar-refractivity contribution in [2.45, 2.75) is 38.6 Å². The van der Waals surface area contributed by atoms with Gasteiger partial charge in [-0.25, -0.2) is 0 Å². The van der Waals surface area contributed by atoms with Crippen LogP contribution in [0.5, 0.6) is 0 Å². The molecule has 0 aromatic heterocycles. The van der Waals surface area contributed by atoms with Crippen LogP contribution in [0.15, 0.2) is 24.3 Å². The van der Waals surface area contributed by atoms with Gasteiger partial charge < -0.3 is 10.2 Å². The first kappa shape index (κ1) is 13.6. The Hall–Kier alpha value is -1.35. The lowest BCUT2D eigenvalue weighted by molar-refractivity contribution is -0.141. The Kier molecular flexibility index (Phi) is 3.55. The van der Waals surface area contributed by atoms with Gasteiger partial charge in [-0.15, -0.1) is 0 Å². The number of aryl methyl sites for hydroxylation is 1. The lowest BCUT2D eigenvalue weighted by atomic mass is 9.83. The number of carbonyl (C=O) groups excluding carboxylic acids is 1. The Morgan fingerprint density at radius 1 is 1.40 bits per heavy atom. The van der Waals surface area contributed by atoms with Crippen LogP contribution in [0, 0.1) is 5.41 Å². The highest BCUT2D eigenvalue weighted by Crippen LogP contribution is 2.37. The molecule has 2 unspecified atom stereocenters. The first-order valence-electron chi connectivity index (χ1n) is 7.68. The van der Waals surface area contributed by atoms with E-state index in [-0.39, 0.29) is 11.5 Å². The van der Waals surface area contributed by atoms with Gasteiger partial charge in [0.15, 0.2) is 0 Å². The van der Waals surface area contributed by atoms with Gasteiger partial charge in [0.25, 0.3) is 0 Å². The maximum absolute atomic E-state index is 12.9. The van der Waals surface area contributed by atoms with E-state index in [9.17, 15) is 4.79 Å². The second-order valence-electron chi connectivity index (χ2n) is 6.51. The Morgan fingerprint density at radius 2 is 2.20 bits per heavy atom. The quantitative estimate of drug-likeness (QED) is 0.897. The molecule has 1 fully saturated rings. The van der Waals surface area contributed by atoms with Crippen molar-refractivity contribution >= 4 is 5.91 Å². The summed E-state index contributed by atoms with van der Waals surface area (Å²) in [6, 6.07) is 8.85. The van der Waals surface area contributed by atoms with Gasteiger partial charge in [-0.1, -0.05) is 24.3 Å².